The first-order chi connectivity index (χ1) is 9.21. The van der Waals surface area contributed by atoms with Gasteiger partial charge in [-0.25, -0.2) is 4.39 Å². The lowest BCUT2D eigenvalue weighted by Gasteiger charge is -2.22. The monoisotopic (exact) mass is 283 g/mol. The van der Waals surface area contributed by atoms with Crippen LogP contribution < -0.4 is 5.32 Å². The fourth-order valence-corrected chi connectivity index (χ4v) is 3.29. The van der Waals surface area contributed by atoms with Gasteiger partial charge >= 0.3 is 0 Å². The highest BCUT2D eigenvalue weighted by atomic mass is 32.2. The quantitative estimate of drug-likeness (QED) is 0.658. The zero-order chi connectivity index (χ0) is 14.1. The Hall–Kier alpha value is -0.540. The van der Waals surface area contributed by atoms with Crippen LogP contribution in [0.15, 0.2) is 29.2 Å². The summed E-state index contributed by atoms with van der Waals surface area (Å²) in [6.45, 7) is 7.61. The molecule has 0 aliphatic rings. The van der Waals surface area contributed by atoms with Gasteiger partial charge in [-0.05, 0) is 31.0 Å². The normalized spacial score (nSPS) is 12.9. The van der Waals surface area contributed by atoms with Crippen LogP contribution in [0.2, 0.25) is 0 Å². The number of rotatable bonds is 9. The van der Waals surface area contributed by atoms with E-state index in [-0.39, 0.29) is 5.82 Å². The number of thioether (sulfide) groups is 1. The lowest BCUT2D eigenvalue weighted by molar-refractivity contribution is 0.388. The van der Waals surface area contributed by atoms with Crippen LogP contribution >= 0.6 is 11.8 Å². The number of benzene rings is 1. The zero-order valence-corrected chi connectivity index (χ0v) is 13.1. The van der Waals surface area contributed by atoms with Crippen LogP contribution in [-0.4, -0.2) is 18.3 Å². The molecular formula is C16H26FNS. The first-order valence-corrected chi connectivity index (χ1v) is 8.30. The van der Waals surface area contributed by atoms with Gasteiger partial charge in [0.2, 0.25) is 0 Å². The van der Waals surface area contributed by atoms with E-state index in [9.17, 15) is 4.39 Å². The first kappa shape index (κ1) is 16.5. The topological polar surface area (TPSA) is 12.0 Å². The molecule has 1 atom stereocenters. The van der Waals surface area contributed by atoms with Crippen molar-refractivity contribution in [2.24, 2.45) is 5.92 Å². The van der Waals surface area contributed by atoms with E-state index in [2.05, 4.69) is 26.1 Å². The van der Waals surface area contributed by atoms with Gasteiger partial charge in [-0.1, -0.05) is 45.7 Å². The minimum absolute atomic E-state index is 0.106. The summed E-state index contributed by atoms with van der Waals surface area (Å²) in [6.07, 6.45) is 3.63. The molecule has 0 aromatic heterocycles. The predicted molar refractivity (Wildman–Crippen MR) is 83.3 cm³/mol. The summed E-state index contributed by atoms with van der Waals surface area (Å²) in [4.78, 5) is 0.759. The molecule has 108 valence electrons. The number of hydrogen-bond donors (Lipinski definition) is 1. The van der Waals surface area contributed by atoms with Crippen molar-refractivity contribution in [2.45, 2.75) is 51.0 Å². The van der Waals surface area contributed by atoms with Gasteiger partial charge in [-0.15, -0.1) is 11.8 Å². The average molecular weight is 283 g/mol. The van der Waals surface area contributed by atoms with Crippen molar-refractivity contribution in [3.8, 4) is 0 Å². The van der Waals surface area contributed by atoms with Crippen molar-refractivity contribution < 1.29 is 4.39 Å². The molecule has 0 aliphatic carbocycles. The average Bonchev–Trinajstić information content (AvgIpc) is 2.43. The molecule has 0 fully saturated rings. The van der Waals surface area contributed by atoms with Crippen molar-refractivity contribution in [1.82, 2.24) is 5.32 Å². The van der Waals surface area contributed by atoms with Crippen molar-refractivity contribution in [2.75, 3.05) is 12.3 Å². The molecule has 0 heterocycles. The molecule has 0 amide bonds. The Morgan fingerprint density at radius 3 is 2.42 bits per heavy atom. The van der Waals surface area contributed by atoms with E-state index in [1.807, 2.05) is 12.1 Å². The minimum Gasteiger partial charge on any atom is -0.313 e. The van der Waals surface area contributed by atoms with Crippen molar-refractivity contribution in [3.05, 3.63) is 30.1 Å². The van der Waals surface area contributed by atoms with Crippen molar-refractivity contribution in [3.63, 3.8) is 0 Å². The number of hydrogen-bond acceptors (Lipinski definition) is 2. The van der Waals surface area contributed by atoms with Gasteiger partial charge in [0.05, 0.1) is 0 Å². The highest BCUT2D eigenvalue weighted by Gasteiger charge is 2.14. The van der Waals surface area contributed by atoms with Crippen LogP contribution in [0.4, 0.5) is 4.39 Å². The van der Waals surface area contributed by atoms with E-state index in [0.29, 0.717) is 6.04 Å². The molecule has 1 rings (SSSR count). The van der Waals surface area contributed by atoms with Crippen molar-refractivity contribution >= 4 is 11.8 Å². The third-order valence-corrected chi connectivity index (χ3v) is 4.75. The van der Waals surface area contributed by atoms with E-state index in [1.165, 1.54) is 25.3 Å². The first-order valence-electron chi connectivity index (χ1n) is 7.31. The summed E-state index contributed by atoms with van der Waals surface area (Å²) in [5, 5.41) is 3.53. The van der Waals surface area contributed by atoms with Gasteiger partial charge in [0.1, 0.15) is 5.82 Å². The van der Waals surface area contributed by atoms with Crippen LogP contribution in [0, 0.1) is 11.7 Å². The maximum absolute atomic E-state index is 13.6. The summed E-state index contributed by atoms with van der Waals surface area (Å²) in [5.41, 5.74) is 0. The van der Waals surface area contributed by atoms with E-state index in [4.69, 9.17) is 0 Å². The van der Waals surface area contributed by atoms with Crippen LogP contribution in [-0.2, 0) is 0 Å². The number of nitrogens with one attached hydrogen (secondary N) is 1. The fraction of sp³-hybridized carbons (Fsp3) is 0.625. The van der Waals surface area contributed by atoms with Gasteiger partial charge in [0.25, 0.3) is 0 Å². The Kier molecular flexibility index (Phi) is 8.15. The highest BCUT2D eigenvalue weighted by Crippen LogP contribution is 2.24. The van der Waals surface area contributed by atoms with Crippen LogP contribution in [0.25, 0.3) is 0 Å². The Labute approximate surface area is 121 Å². The van der Waals surface area contributed by atoms with E-state index < -0.39 is 0 Å². The fourth-order valence-electron chi connectivity index (χ4n) is 2.28. The second kappa shape index (κ2) is 9.38. The Morgan fingerprint density at radius 2 is 1.84 bits per heavy atom. The maximum Gasteiger partial charge on any atom is 0.136 e. The summed E-state index contributed by atoms with van der Waals surface area (Å²) < 4.78 is 13.6. The van der Waals surface area contributed by atoms with Crippen LogP contribution in [0.5, 0.6) is 0 Å². The number of halogens is 1. The molecule has 0 radical (unpaired) electrons. The Bertz CT molecular complexity index is 352. The summed E-state index contributed by atoms with van der Waals surface area (Å²) >= 11 is 1.62. The second-order valence-corrected chi connectivity index (χ2v) is 5.98. The molecule has 1 aromatic rings. The summed E-state index contributed by atoms with van der Waals surface area (Å²) in [6, 6.07) is 7.51. The van der Waals surface area contributed by atoms with Gasteiger partial charge < -0.3 is 5.32 Å². The Balaban J connectivity index is 2.51. The van der Waals surface area contributed by atoms with Crippen LogP contribution in [0.3, 0.4) is 0 Å². The van der Waals surface area contributed by atoms with Crippen LogP contribution in [0.1, 0.15) is 40.0 Å². The zero-order valence-electron chi connectivity index (χ0n) is 12.3. The molecule has 0 saturated carbocycles. The molecule has 0 saturated heterocycles. The standard InChI is InChI=1S/C16H26FNS/c1-4-13(5-2)11-14(18-6-3)12-19-16-10-8-7-9-15(16)17/h7-10,13-14,18H,4-6,11-12H2,1-3H3. The molecule has 19 heavy (non-hydrogen) atoms. The lowest BCUT2D eigenvalue weighted by atomic mass is 9.95. The predicted octanol–water partition coefficient (Wildman–Crippen LogP) is 4.72. The SMILES string of the molecule is CCNC(CSc1ccccc1F)CC(CC)CC. The molecule has 1 nitrogen and oxygen atoms in total. The third kappa shape index (κ3) is 5.96. The molecule has 3 heteroatoms. The summed E-state index contributed by atoms with van der Waals surface area (Å²) in [7, 11) is 0. The molecular weight excluding hydrogens is 257 g/mol. The Morgan fingerprint density at radius 1 is 1.16 bits per heavy atom. The third-order valence-electron chi connectivity index (χ3n) is 3.54. The lowest BCUT2D eigenvalue weighted by Crippen LogP contribution is -2.33. The van der Waals surface area contributed by atoms with E-state index >= 15 is 0 Å². The van der Waals surface area contributed by atoms with Gasteiger partial charge in [0, 0.05) is 16.7 Å². The van der Waals surface area contributed by atoms with E-state index in [0.717, 1.165) is 23.1 Å². The minimum atomic E-state index is -0.106. The van der Waals surface area contributed by atoms with Crippen molar-refractivity contribution in [1.29, 1.82) is 0 Å². The van der Waals surface area contributed by atoms with Gasteiger partial charge in [0.15, 0.2) is 0 Å². The molecule has 1 aromatic carbocycles. The maximum atomic E-state index is 13.6. The molecule has 0 bridgehead atoms. The highest BCUT2D eigenvalue weighted by molar-refractivity contribution is 7.99. The summed E-state index contributed by atoms with van der Waals surface area (Å²) in [5.74, 6) is 1.60. The van der Waals surface area contributed by atoms with Gasteiger partial charge in [-0.2, -0.15) is 0 Å². The molecule has 0 spiro atoms. The second-order valence-electron chi connectivity index (χ2n) is 4.91. The van der Waals surface area contributed by atoms with Gasteiger partial charge in [-0.3, -0.25) is 0 Å². The van der Waals surface area contributed by atoms with E-state index in [1.54, 1.807) is 17.8 Å². The molecule has 1 unspecified atom stereocenters. The molecule has 1 N–H and O–H groups in total. The smallest absolute Gasteiger partial charge is 0.136 e. The largest absolute Gasteiger partial charge is 0.313 e. The molecule has 0 aliphatic heterocycles.